The molecule has 16 heavy (non-hydrogen) atoms. The van der Waals surface area contributed by atoms with E-state index in [0.717, 1.165) is 0 Å². The van der Waals surface area contributed by atoms with Crippen LogP contribution in [0.15, 0.2) is 0 Å². The SMILES string of the molecule is O=S(=O)([O-])F.O=S(=O)([O-])F.O=S(=O)([O-])F.[Tb+3]. The fourth-order valence-electron chi connectivity index (χ4n) is 0. The largest absolute Gasteiger partial charge is 3.00 e. The van der Waals surface area contributed by atoms with Crippen LogP contribution in [0, 0.1) is 38.6 Å². The van der Waals surface area contributed by atoms with Crippen molar-refractivity contribution in [3.05, 3.63) is 0 Å². The standard InChI is InChI=1S/3FHO3S.Tb/c3*1-5(2,3)4;/h3*(H,2,3,4);/q;;;+3/p-3. The van der Waals surface area contributed by atoms with Gasteiger partial charge in [-0.2, -0.15) is 0 Å². The molecule has 0 saturated heterocycles. The number of hydrogen-bond donors (Lipinski definition) is 0. The molecular weight excluding hydrogens is 456 g/mol. The second-order valence-electron chi connectivity index (χ2n) is 1.18. The van der Waals surface area contributed by atoms with Crippen LogP contribution < -0.4 is 0 Å². The summed E-state index contributed by atoms with van der Waals surface area (Å²) in [7, 11) is -16.2. The van der Waals surface area contributed by atoms with Crippen LogP contribution in [-0.4, -0.2) is 38.9 Å². The van der Waals surface area contributed by atoms with E-state index in [4.69, 9.17) is 38.9 Å². The van der Waals surface area contributed by atoms with E-state index in [-0.39, 0.29) is 38.6 Å². The van der Waals surface area contributed by atoms with Crippen molar-refractivity contribution in [2.24, 2.45) is 0 Å². The van der Waals surface area contributed by atoms with E-state index in [2.05, 4.69) is 0 Å². The smallest absolute Gasteiger partial charge is 0.722 e. The summed E-state index contributed by atoms with van der Waals surface area (Å²) in [5.41, 5.74) is 0. The molecule has 0 N–H and O–H groups in total. The van der Waals surface area contributed by atoms with Gasteiger partial charge in [0.25, 0.3) is 31.5 Å². The fraction of sp³-hybridized carbons (Fsp3) is 0. The summed E-state index contributed by atoms with van der Waals surface area (Å²) >= 11 is 0. The van der Waals surface area contributed by atoms with Gasteiger partial charge in [0.2, 0.25) is 0 Å². The summed E-state index contributed by atoms with van der Waals surface area (Å²) in [6.07, 6.45) is 0. The van der Waals surface area contributed by atoms with E-state index in [9.17, 15) is 11.7 Å². The molecule has 0 fully saturated rings. The number of rotatable bonds is 0. The van der Waals surface area contributed by atoms with Gasteiger partial charge in [-0.1, -0.05) is 0 Å². The van der Waals surface area contributed by atoms with Crippen LogP contribution in [-0.2, 0) is 31.5 Å². The molecule has 0 unspecified atom stereocenters. The van der Waals surface area contributed by atoms with E-state index in [1.807, 2.05) is 0 Å². The second kappa shape index (κ2) is 9.80. The first-order valence-electron chi connectivity index (χ1n) is 1.96. The molecule has 0 bridgehead atoms. The summed E-state index contributed by atoms with van der Waals surface area (Å²) in [5.74, 6) is 0. The topological polar surface area (TPSA) is 172 Å². The second-order valence-corrected chi connectivity index (χ2v) is 3.54. The van der Waals surface area contributed by atoms with Crippen LogP contribution in [0.3, 0.4) is 0 Å². The Morgan fingerprint density at radius 1 is 0.562 bits per heavy atom. The van der Waals surface area contributed by atoms with Crippen LogP contribution in [0.2, 0.25) is 0 Å². The van der Waals surface area contributed by atoms with Crippen molar-refractivity contribution in [3.63, 3.8) is 0 Å². The Bertz CT molecular complexity index is 347. The van der Waals surface area contributed by atoms with E-state index < -0.39 is 31.5 Å². The van der Waals surface area contributed by atoms with Gasteiger partial charge >= 0.3 is 38.6 Å². The first kappa shape index (κ1) is 25.6. The Morgan fingerprint density at radius 2 is 0.562 bits per heavy atom. The molecule has 0 aliphatic carbocycles. The summed E-state index contributed by atoms with van der Waals surface area (Å²) in [6.45, 7) is 0. The molecule has 16 heteroatoms. The van der Waals surface area contributed by atoms with Crippen LogP contribution in [0.25, 0.3) is 0 Å². The van der Waals surface area contributed by atoms with E-state index in [1.54, 1.807) is 0 Å². The third-order valence-electron chi connectivity index (χ3n) is 0. The number of halogens is 3. The molecule has 0 aromatic heterocycles. The van der Waals surface area contributed by atoms with Crippen molar-refractivity contribution in [1.29, 1.82) is 0 Å². The van der Waals surface area contributed by atoms with Gasteiger partial charge in [0, 0.05) is 0 Å². The van der Waals surface area contributed by atoms with Crippen LogP contribution in [0.5, 0.6) is 0 Å². The maximum atomic E-state index is 10.1. The van der Waals surface area contributed by atoms with E-state index in [1.165, 1.54) is 0 Å². The maximum absolute atomic E-state index is 10.1. The minimum Gasteiger partial charge on any atom is -0.722 e. The molecule has 102 valence electrons. The average molecular weight is 456 g/mol. The average Bonchev–Trinajstić information content (AvgIpc) is 1.41. The van der Waals surface area contributed by atoms with Crippen LogP contribution >= 0.6 is 0 Å². The molecule has 0 atom stereocenters. The zero-order valence-electron chi connectivity index (χ0n) is 6.37. The van der Waals surface area contributed by atoms with Crippen molar-refractivity contribution in [2.75, 3.05) is 0 Å². The minimum absolute atomic E-state index is 0. The fourth-order valence-corrected chi connectivity index (χ4v) is 0. The first-order valence-corrected chi connectivity index (χ1v) is 5.89. The summed E-state index contributed by atoms with van der Waals surface area (Å²) in [6, 6.07) is 0. The molecular formula is F3O9S3Tb. The van der Waals surface area contributed by atoms with Gasteiger partial charge in [0.15, 0.2) is 0 Å². The van der Waals surface area contributed by atoms with Gasteiger partial charge in [-0.15, -0.1) is 11.7 Å². The van der Waals surface area contributed by atoms with Crippen molar-refractivity contribution in [3.8, 4) is 0 Å². The third kappa shape index (κ3) is 4350. The van der Waals surface area contributed by atoms with Crippen LogP contribution in [0.1, 0.15) is 0 Å². The van der Waals surface area contributed by atoms with E-state index in [0.29, 0.717) is 0 Å². The van der Waals surface area contributed by atoms with Gasteiger partial charge in [-0.05, 0) is 0 Å². The Balaban J connectivity index is -0.0000000655. The summed E-state index contributed by atoms with van der Waals surface area (Å²) < 4.78 is 106. The Kier molecular flexibility index (Phi) is 15.7. The van der Waals surface area contributed by atoms with Gasteiger partial charge in [0.1, 0.15) is 0 Å². The minimum atomic E-state index is -5.42. The molecule has 0 aliphatic rings. The predicted molar refractivity (Wildman–Crippen MR) is 32.4 cm³/mol. The number of hydrogen-bond acceptors (Lipinski definition) is 9. The molecule has 9 nitrogen and oxygen atoms in total. The molecule has 0 rings (SSSR count). The Labute approximate surface area is 120 Å². The summed E-state index contributed by atoms with van der Waals surface area (Å²) in [4.78, 5) is 0. The van der Waals surface area contributed by atoms with Crippen molar-refractivity contribution >= 4 is 31.5 Å². The molecule has 0 amide bonds. The van der Waals surface area contributed by atoms with Gasteiger partial charge < -0.3 is 13.7 Å². The molecule has 0 spiro atoms. The van der Waals surface area contributed by atoms with Crippen molar-refractivity contribution in [2.45, 2.75) is 0 Å². The molecule has 0 aromatic rings. The van der Waals surface area contributed by atoms with Crippen LogP contribution in [0.4, 0.5) is 11.7 Å². The third-order valence-corrected chi connectivity index (χ3v) is 0. The Hall–Kier alpha value is 0.806. The molecule has 0 aliphatic heterocycles. The molecule has 0 saturated carbocycles. The molecule has 0 aromatic carbocycles. The molecule has 0 heterocycles. The van der Waals surface area contributed by atoms with Gasteiger partial charge in [-0.3, -0.25) is 0 Å². The van der Waals surface area contributed by atoms with Crippen molar-refractivity contribution < 1.29 is 89.2 Å². The molecule has 0 radical (unpaired) electrons. The normalized spacial score (nSPS) is 10.9. The van der Waals surface area contributed by atoms with E-state index >= 15 is 0 Å². The zero-order chi connectivity index (χ0) is 13.5. The monoisotopic (exact) mass is 456 g/mol. The maximum Gasteiger partial charge on any atom is 3.00 e. The first-order chi connectivity index (χ1) is 6.00. The Morgan fingerprint density at radius 3 is 0.562 bits per heavy atom. The van der Waals surface area contributed by atoms with Crippen molar-refractivity contribution in [1.82, 2.24) is 0 Å². The zero-order valence-corrected chi connectivity index (χ0v) is 11.0. The van der Waals surface area contributed by atoms with Gasteiger partial charge in [-0.25, -0.2) is 25.3 Å². The quantitative estimate of drug-likeness (QED) is 0.303. The summed E-state index contributed by atoms with van der Waals surface area (Å²) in [5, 5.41) is 0. The predicted octanol–water partition coefficient (Wildman–Crippen LogP) is -1.75. The van der Waals surface area contributed by atoms with Gasteiger partial charge in [0.05, 0.1) is 0 Å².